The van der Waals surface area contributed by atoms with Crippen LogP contribution in [0, 0.1) is 13.8 Å². The Balaban J connectivity index is 2.15. The first kappa shape index (κ1) is 20.1. The third-order valence-electron chi connectivity index (χ3n) is 6.00. The van der Waals surface area contributed by atoms with Crippen LogP contribution in [0.1, 0.15) is 46.7 Å². The van der Waals surface area contributed by atoms with Crippen LogP contribution in [0.25, 0.3) is 0 Å². The van der Waals surface area contributed by atoms with E-state index in [4.69, 9.17) is 9.84 Å². The maximum Gasteiger partial charge on any atom is 0.138 e. The molecule has 0 aliphatic carbocycles. The molecule has 0 radical (unpaired) electrons. The van der Waals surface area contributed by atoms with Crippen LogP contribution >= 0.6 is 0 Å². The summed E-state index contributed by atoms with van der Waals surface area (Å²) in [6.07, 6.45) is -0.0289. The van der Waals surface area contributed by atoms with Crippen molar-refractivity contribution in [1.29, 1.82) is 0 Å². The van der Waals surface area contributed by atoms with Gasteiger partial charge in [-0.2, -0.15) is 5.10 Å². The summed E-state index contributed by atoms with van der Waals surface area (Å²) < 4.78 is 7.88. The lowest BCUT2D eigenvalue weighted by atomic mass is 9.77. The number of benzene rings is 3. The first-order valence-electron chi connectivity index (χ1n) is 10.4. The van der Waals surface area contributed by atoms with Gasteiger partial charge < -0.3 is 4.74 Å². The third kappa shape index (κ3) is 3.16. The van der Waals surface area contributed by atoms with Crippen molar-refractivity contribution in [3.63, 3.8) is 0 Å². The van der Waals surface area contributed by atoms with Crippen LogP contribution in [0.2, 0.25) is 0 Å². The van der Waals surface area contributed by atoms with Crippen LogP contribution in [0.4, 0.5) is 0 Å². The average molecular weight is 397 g/mol. The first-order valence-corrected chi connectivity index (χ1v) is 10.4. The summed E-state index contributed by atoms with van der Waals surface area (Å²) in [4.78, 5) is 0. The van der Waals surface area contributed by atoms with Gasteiger partial charge in [-0.3, -0.25) is 0 Å². The molecule has 3 heteroatoms. The molecule has 0 saturated carbocycles. The van der Waals surface area contributed by atoms with Gasteiger partial charge in [0.15, 0.2) is 0 Å². The molecule has 152 valence electrons. The van der Waals surface area contributed by atoms with E-state index in [1.165, 1.54) is 16.7 Å². The lowest BCUT2D eigenvalue weighted by Gasteiger charge is -2.37. The zero-order valence-electron chi connectivity index (χ0n) is 18.0. The van der Waals surface area contributed by atoms with Crippen molar-refractivity contribution < 1.29 is 4.74 Å². The van der Waals surface area contributed by atoms with Gasteiger partial charge in [-0.15, -0.1) is 0 Å². The smallest absolute Gasteiger partial charge is 0.138 e. The minimum atomic E-state index is -0.593. The van der Waals surface area contributed by atoms with Crippen molar-refractivity contribution in [3.8, 4) is 0 Å². The molecule has 0 saturated heterocycles. The summed E-state index contributed by atoms with van der Waals surface area (Å²) >= 11 is 0. The molecule has 0 spiro atoms. The molecule has 1 aromatic heterocycles. The molecule has 0 fully saturated rings. The predicted octanol–water partition coefficient (Wildman–Crippen LogP) is 6.05. The van der Waals surface area contributed by atoms with Gasteiger partial charge in [0.1, 0.15) is 5.54 Å². The summed E-state index contributed by atoms with van der Waals surface area (Å²) in [6, 6.07) is 31.9. The Morgan fingerprint density at radius 2 is 1.13 bits per heavy atom. The van der Waals surface area contributed by atoms with E-state index in [0.717, 1.165) is 17.0 Å². The van der Waals surface area contributed by atoms with Gasteiger partial charge in [-0.05, 0) is 37.5 Å². The van der Waals surface area contributed by atoms with E-state index < -0.39 is 5.54 Å². The number of hydrogen-bond donors (Lipinski definition) is 0. The molecule has 1 unspecified atom stereocenters. The molecule has 1 heterocycles. The molecule has 0 N–H and O–H groups in total. The highest BCUT2D eigenvalue weighted by molar-refractivity contribution is 5.51. The third-order valence-corrected chi connectivity index (χ3v) is 6.00. The largest absolute Gasteiger partial charge is 0.377 e. The molecule has 0 aliphatic rings. The van der Waals surface area contributed by atoms with Crippen molar-refractivity contribution >= 4 is 0 Å². The molecule has 0 bridgehead atoms. The Kier molecular flexibility index (Phi) is 5.56. The van der Waals surface area contributed by atoms with Gasteiger partial charge in [-0.25, -0.2) is 4.68 Å². The standard InChI is InChI=1S/C27H28N2O/c1-20-26(22(3)30-4)21(2)29(28-20)27(23-14-8-5-9-15-23,24-16-10-6-11-17-24)25-18-12-7-13-19-25/h5-19,22H,1-4H3. The van der Waals surface area contributed by atoms with Crippen molar-refractivity contribution in [1.82, 2.24) is 9.78 Å². The van der Waals surface area contributed by atoms with Crippen LogP contribution in [0.15, 0.2) is 91.0 Å². The fourth-order valence-corrected chi connectivity index (χ4v) is 4.59. The zero-order chi connectivity index (χ0) is 21.1. The summed E-state index contributed by atoms with van der Waals surface area (Å²) in [5.74, 6) is 0. The second-order valence-electron chi connectivity index (χ2n) is 7.68. The second kappa shape index (κ2) is 8.29. The maximum absolute atomic E-state index is 5.69. The van der Waals surface area contributed by atoms with E-state index >= 15 is 0 Å². The molecule has 3 nitrogen and oxygen atoms in total. The molecule has 1 atom stereocenters. The Hall–Kier alpha value is -3.17. The number of nitrogens with zero attached hydrogens (tertiary/aromatic N) is 2. The molecular weight excluding hydrogens is 368 g/mol. The number of ether oxygens (including phenoxy) is 1. The van der Waals surface area contributed by atoms with Gasteiger partial charge in [0, 0.05) is 18.4 Å². The highest BCUT2D eigenvalue weighted by atomic mass is 16.5. The van der Waals surface area contributed by atoms with Crippen molar-refractivity contribution in [2.24, 2.45) is 0 Å². The summed E-state index contributed by atoms with van der Waals surface area (Å²) in [5, 5.41) is 5.12. The minimum absolute atomic E-state index is 0.0289. The zero-order valence-corrected chi connectivity index (χ0v) is 18.0. The topological polar surface area (TPSA) is 27.1 Å². The van der Waals surface area contributed by atoms with Gasteiger partial charge in [0.2, 0.25) is 0 Å². The van der Waals surface area contributed by atoms with Gasteiger partial charge in [0.25, 0.3) is 0 Å². The van der Waals surface area contributed by atoms with Crippen molar-refractivity contribution in [2.75, 3.05) is 7.11 Å². The summed E-state index contributed by atoms with van der Waals surface area (Å²) in [6.45, 7) is 6.30. The molecule has 0 amide bonds. The van der Waals surface area contributed by atoms with Crippen LogP contribution in [-0.2, 0) is 10.3 Å². The van der Waals surface area contributed by atoms with Crippen molar-refractivity contribution in [3.05, 3.63) is 125 Å². The number of aromatic nitrogens is 2. The normalized spacial score (nSPS) is 12.7. The maximum atomic E-state index is 5.69. The fraction of sp³-hybridized carbons (Fsp3) is 0.222. The lowest BCUT2D eigenvalue weighted by Crippen LogP contribution is -2.39. The number of rotatable bonds is 6. The van der Waals surface area contributed by atoms with Crippen LogP contribution in [-0.4, -0.2) is 16.9 Å². The van der Waals surface area contributed by atoms with E-state index in [1.807, 2.05) is 0 Å². The van der Waals surface area contributed by atoms with Crippen LogP contribution < -0.4 is 0 Å². The lowest BCUT2D eigenvalue weighted by molar-refractivity contribution is 0.118. The molecule has 4 aromatic rings. The van der Waals surface area contributed by atoms with E-state index in [1.54, 1.807) is 7.11 Å². The van der Waals surface area contributed by atoms with Crippen LogP contribution in [0.5, 0.6) is 0 Å². The highest BCUT2D eigenvalue weighted by Crippen LogP contribution is 2.42. The Morgan fingerprint density at radius 3 is 1.50 bits per heavy atom. The summed E-state index contributed by atoms with van der Waals surface area (Å²) in [7, 11) is 1.75. The highest BCUT2D eigenvalue weighted by Gasteiger charge is 2.41. The van der Waals surface area contributed by atoms with Gasteiger partial charge >= 0.3 is 0 Å². The van der Waals surface area contributed by atoms with E-state index in [-0.39, 0.29) is 6.10 Å². The fourth-order valence-electron chi connectivity index (χ4n) is 4.59. The number of aryl methyl sites for hydroxylation is 1. The van der Waals surface area contributed by atoms with Gasteiger partial charge in [-0.1, -0.05) is 91.0 Å². The first-order chi connectivity index (χ1) is 14.6. The molecule has 0 aliphatic heterocycles. The number of methoxy groups -OCH3 is 1. The SMILES string of the molecule is COC(C)c1c(C)nn(C(c2ccccc2)(c2ccccc2)c2ccccc2)c1C. The summed E-state index contributed by atoms with van der Waals surface area (Å²) in [5.41, 5.74) is 6.17. The van der Waals surface area contributed by atoms with E-state index in [0.29, 0.717) is 0 Å². The predicted molar refractivity (Wildman–Crippen MR) is 122 cm³/mol. The Bertz CT molecular complexity index is 1010. The van der Waals surface area contributed by atoms with Gasteiger partial charge in [0.05, 0.1) is 11.8 Å². The average Bonchev–Trinajstić information content (AvgIpc) is 3.10. The molecule has 4 rings (SSSR count). The second-order valence-corrected chi connectivity index (χ2v) is 7.68. The Labute approximate surface area is 179 Å². The van der Waals surface area contributed by atoms with Crippen LogP contribution in [0.3, 0.4) is 0 Å². The number of hydrogen-bond acceptors (Lipinski definition) is 2. The minimum Gasteiger partial charge on any atom is -0.377 e. The van der Waals surface area contributed by atoms with Crippen molar-refractivity contribution in [2.45, 2.75) is 32.4 Å². The van der Waals surface area contributed by atoms with E-state index in [9.17, 15) is 0 Å². The molecular formula is C27H28N2O. The Morgan fingerprint density at radius 1 is 0.733 bits per heavy atom. The molecule has 3 aromatic carbocycles. The van der Waals surface area contributed by atoms with E-state index in [2.05, 4.69) is 116 Å². The quantitative estimate of drug-likeness (QED) is 0.371. The molecule has 30 heavy (non-hydrogen) atoms. The monoisotopic (exact) mass is 396 g/mol.